The van der Waals surface area contributed by atoms with Crippen molar-refractivity contribution in [2.24, 2.45) is 0 Å². The molecule has 2 aromatic carbocycles. The fourth-order valence-corrected chi connectivity index (χ4v) is 1.67. The predicted molar refractivity (Wildman–Crippen MR) is 71.7 cm³/mol. The van der Waals surface area contributed by atoms with E-state index in [0.717, 1.165) is 6.07 Å². The van der Waals surface area contributed by atoms with E-state index in [0.29, 0.717) is 11.3 Å². The van der Waals surface area contributed by atoms with Gasteiger partial charge >= 0.3 is 7.12 Å². The highest BCUT2D eigenvalue weighted by atomic mass is 19.1. The summed E-state index contributed by atoms with van der Waals surface area (Å²) >= 11 is 0. The summed E-state index contributed by atoms with van der Waals surface area (Å²) in [5.41, 5.74) is 0.813. The molecule has 0 bridgehead atoms. The first-order valence-corrected chi connectivity index (χ1v) is 6.01. The zero-order valence-electron chi connectivity index (χ0n) is 10.8. The molecule has 2 aromatic rings. The van der Waals surface area contributed by atoms with Gasteiger partial charge in [0.15, 0.2) is 0 Å². The Balaban J connectivity index is 2.09. The van der Waals surface area contributed by atoms with Gasteiger partial charge in [-0.3, -0.25) is 0 Å². The quantitative estimate of drug-likeness (QED) is 0.834. The number of ether oxygens (including phenoxy) is 1. The Morgan fingerprint density at radius 1 is 1.05 bits per heavy atom. The van der Waals surface area contributed by atoms with Crippen molar-refractivity contribution in [3.05, 3.63) is 59.2 Å². The number of benzene rings is 2. The average Bonchev–Trinajstić information content (AvgIpc) is 2.41. The van der Waals surface area contributed by atoms with Crippen LogP contribution in [0.5, 0.6) is 5.75 Å². The first-order valence-electron chi connectivity index (χ1n) is 6.01. The molecule has 0 aliphatic rings. The van der Waals surface area contributed by atoms with Crippen molar-refractivity contribution in [1.82, 2.24) is 0 Å². The van der Waals surface area contributed by atoms with Gasteiger partial charge < -0.3 is 14.8 Å². The van der Waals surface area contributed by atoms with Crippen LogP contribution in [-0.2, 0) is 6.61 Å². The van der Waals surface area contributed by atoms with Crippen LogP contribution in [0.3, 0.4) is 0 Å². The van der Waals surface area contributed by atoms with E-state index in [4.69, 9.17) is 14.8 Å². The molecule has 3 nitrogen and oxygen atoms in total. The van der Waals surface area contributed by atoms with Crippen LogP contribution < -0.4 is 10.2 Å². The predicted octanol–water partition coefficient (Wildman–Crippen LogP) is 1.53. The van der Waals surface area contributed by atoms with Crippen LogP contribution in [0, 0.1) is 18.6 Å². The Morgan fingerprint density at radius 3 is 2.40 bits per heavy atom. The van der Waals surface area contributed by atoms with Gasteiger partial charge in [-0.1, -0.05) is 18.2 Å². The summed E-state index contributed by atoms with van der Waals surface area (Å²) in [6.07, 6.45) is 0. The lowest BCUT2D eigenvalue weighted by Gasteiger charge is -2.09. The lowest BCUT2D eigenvalue weighted by Crippen LogP contribution is -2.30. The molecular weight excluding hydrogens is 265 g/mol. The molecule has 20 heavy (non-hydrogen) atoms. The molecule has 0 aliphatic carbocycles. The number of aryl methyl sites for hydroxylation is 1. The van der Waals surface area contributed by atoms with Gasteiger partial charge in [-0.15, -0.1) is 0 Å². The third kappa shape index (κ3) is 3.34. The smallest absolute Gasteiger partial charge is 0.488 e. The van der Waals surface area contributed by atoms with Crippen molar-refractivity contribution in [3.63, 3.8) is 0 Å². The summed E-state index contributed by atoms with van der Waals surface area (Å²) in [5.74, 6) is -0.691. The molecule has 0 radical (unpaired) electrons. The minimum Gasteiger partial charge on any atom is -0.489 e. The van der Waals surface area contributed by atoms with Crippen LogP contribution >= 0.6 is 0 Å². The third-order valence-corrected chi connectivity index (χ3v) is 2.91. The molecule has 0 aromatic heterocycles. The number of rotatable bonds is 4. The van der Waals surface area contributed by atoms with E-state index < -0.39 is 12.9 Å². The first-order chi connectivity index (χ1) is 9.47. The highest BCUT2D eigenvalue weighted by Crippen LogP contribution is 2.17. The zero-order chi connectivity index (χ0) is 14.7. The van der Waals surface area contributed by atoms with Crippen molar-refractivity contribution in [2.45, 2.75) is 13.5 Å². The Kier molecular flexibility index (Phi) is 4.37. The van der Waals surface area contributed by atoms with Gasteiger partial charge in [0.05, 0.1) is 0 Å². The van der Waals surface area contributed by atoms with E-state index in [1.165, 1.54) is 18.2 Å². The normalized spacial score (nSPS) is 10.4. The minimum atomic E-state index is -1.72. The second-order valence-electron chi connectivity index (χ2n) is 4.42. The second kappa shape index (κ2) is 6.03. The molecule has 2 N–H and O–H groups in total. The fourth-order valence-electron chi connectivity index (χ4n) is 1.67. The molecule has 0 heterocycles. The van der Waals surface area contributed by atoms with Crippen LogP contribution in [-0.4, -0.2) is 17.2 Å². The van der Waals surface area contributed by atoms with Gasteiger partial charge in [0.25, 0.3) is 0 Å². The zero-order valence-corrected chi connectivity index (χ0v) is 10.8. The maximum atomic E-state index is 13.7. The molecule has 6 heteroatoms. The van der Waals surface area contributed by atoms with Crippen molar-refractivity contribution in [1.29, 1.82) is 0 Å². The Bertz CT molecular complexity index is 617. The van der Waals surface area contributed by atoms with Gasteiger partial charge in [-0.2, -0.15) is 0 Å². The molecule has 2 rings (SSSR count). The summed E-state index contributed by atoms with van der Waals surface area (Å²) in [6, 6.07) is 8.23. The standard InChI is InChI=1S/C14H13BF2O3/c1-9-2-5-12(7-13(9)16)20-8-10-3-4-11(15(18)19)6-14(10)17/h2-7,18-19H,8H2,1H3. The Hall–Kier alpha value is -1.92. The van der Waals surface area contributed by atoms with E-state index in [2.05, 4.69) is 0 Å². The number of halogens is 2. The molecule has 0 saturated heterocycles. The van der Waals surface area contributed by atoms with Crippen LogP contribution in [0.2, 0.25) is 0 Å². The SMILES string of the molecule is Cc1ccc(OCc2ccc(B(O)O)cc2F)cc1F. The highest BCUT2D eigenvalue weighted by Gasteiger charge is 2.13. The molecule has 0 fully saturated rings. The topological polar surface area (TPSA) is 49.7 Å². The van der Waals surface area contributed by atoms with E-state index in [1.54, 1.807) is 19.1 Å². The summed E-state index contributed by atoms with van der Waals surface area (Å²) in [5, 5.41) is 17.8. The molecule has 0 spiro atoms. The highest BCUT2D eigenvalue weighted by molar-refractivity contribution is 6.58. The maximum Gasteiger partial charge on any atom is 0.488 e. The van der Waals surface area contributed by atoms with Crippen molar-refractivity contribution < 1.29 is 23.6 Å². The van der Waals surface area contributed by atoms with Gasteiger partial charge in [0.2, 0.25) is 0 Å². The summed E-state index contributed by atoms with van der Waals surface area (Å²) in [7, 11) is -1.72. The van der Waals surface area contributed by atoms with E-state index >= 15 is 0 Å². The molecule has 0 unspecified atom stereocenters. The molecule has 0 atom stereocenters. The monoisotopic (exact) mass is 278 g/mol. The fraction of sp³-hybridized carbons (Fsp3) is 0.143. The molecule has 0 aliphatic heterocycles. The van der Waals surface area contributed by atoms with E-state index in [-0.39, 0.29) is 23.5 Å². The first kappa shape index (κ1) is 14.5. The van der Waals surface area contributed by atoms with Crippen molar-refractivity contribution in [3.8, 4) is 5.75 Å². The Labute approximate surface area is 115 Å². The average molecular weight is 278 g/mol. The molecular formula is C14H13BF2O3. The number of hydrogen-bond acceptors (Lipinski definition) is 3. The second-order valence-corrected chi connectivity index (χ2v) is 4.42. The van der Waals surface area contributed by atoms with Gasteiger partial charge in [0.1, 0.15) is 24.0 Å². The lowest BCUT2D eigenvalue weighted by molar-refractivity contribution is 0.298. The van der Waals surface area contributed by atoms with Crippen LogP contribution in [0.4, 0.5) is 8.78 Å². The van der Waals surface area contributed by atoms with Crippen molar-refractivity contribution >= 4 is 12.6 Å². The molecule has 0 amide bonds. The van der Waals surface area contributed by atoms with Gasteiger partial charge in [0, 0.05) is 11.6 Å². The van der Waals surface area contributed by atoms with Crippen molar-refractivity contribution in [2.75, 3.05) is 0 Å². The minimum absolute atomic E-state index is 0.0626. The van der Waals surface area contributed by atoms with Gasteiger partial charge in [-0.25, -0.2) is 8.78 Å². The van der Waals surface area contributed by atoms with E-state index in [9.17, 15) is 8.78 Å². The van der Waals surface area contributed by atoms with Crippen LogP contribution in [0.1, 0.15) is 11.1 Å². The molecule has 0 saturated carbocycles. The third-order valence-electron chi connectivity index (χ3n) is 2.91. The van der Waals surface area contributed by atoms with Crippen LogP contribution in [0.15, 0.2) is 36.4 Å². The summed E-state index contributed by atoms with van der Waals surface area (Å²) < 4.78 is 32.3. The van der Waals surface area contributed by atoms with Gasteiger partial charge in [-0.05, 0) is 30.1 Å². The summed E-state index contributed by atoms with van der Waals surface area (Å²) in [4.78, 5) is 0. The summed E-state index contributed by atoms with van der Waals surface area (Å²) in [6.45, 7) is 1.56. The lowest BCUT2D eigenvalue weighted by atomic mass is 9.80. The maximum absolute atomic E-state index is 13.7. The largest absolute Gasteiger partial charge is 0.489 e. The number of hydrogen-bond donors (Lipinski definition) is 2. The molecule has 104 valence electrons. The van der Waals surface area contributed by atoms with Crippen LogP contribution in [0.25, 0.3) is 0 Å². The van der Waals surface area contributed by atoms with E-state index in [1.807, 2.05) is 0 Å². The Morgan fingerprint density at radius 2 is 1.80 bits per heavy atom.